The molecule has 3 aliphatic heterocycles. The highest BCUT2D eigenvalue weighted by molar-refractivity contribution is 6.54. The Morgan fingerprint density at radius 3 is 2.57 bits per heavy atom. The van der Waals surface area contributed by atoms with Crippen molar-refractivity contribution in [1.82, 2.24) is 0 Å². The number of nitrogens with zero attached hydrogens (tertiary/aromatic N) is 1. The zero-order valence-corrected chi connectivity index (χ0v) is 13.0. The van der Waals surface area contributed by atoms with Crippen LogP contribution in [0, 0.1) is 0 Å². The maximum atomic E-state index is 10.9. The zero-order chi connectivity index (χ0) is 15.9. The molecule has 0 aromatic heterocycles. The number of quaternary nitrogens is 1. The van der Waals surface area contributed by atoms with E-state index in [9.17, 15) is 4.79 Å². The predicted octanol–water partition coefficient (Wildman–Crippen LogP) is -0.195. The number of hydrogen-bond acceptors (Lipinski definition) is 5. The van der Waals surface area contributed by atoms with Gasteiger partial charge in [0.05, 0.1) is 39.3 Å². The van der Waals surface area contributed by atoms with Crippen LogP contribution in [-0.4, -0.2) is 62.7 Å². The summed E-state index contributed by atoms with van der Waals surface area (Å²) in [6, 6.07) is 7.39. The van der Waals surface area contributed by atoms with Crippen LogP contribution in [0.2, 0.25) is 0 Å². The van der Waals surface area contributed by atoms with Gasteiger partial charge in [0.1, 0.15) is 18.5 Å². The van der Waals surface area contributed by atoms with E-state index in [1.807, 2.05) is 24.3 Å². The van der Waals surface area contributed by atoms with Crippen LogP contribution in [-0.2, 0) is 25.2 Å². The lowest BCUT2D eigenvalue weighted by Gasteiger charge is -2.37. The van der Waals surface area contributed by atoms with E-state index in [4.69, 9.17) is 24.4 Å². The van der Waals surface area contributed by atoms with Crippen LogP contribution in [0.25, 0.3) is 0 Å². The van der Waals surface area contributed by atoms with Crippen molar-refractivity contribution < 1.29 is 27.9 Å². The Morgan fingerprint density at radius 1 is 1.26 bits per heavy atom. The first-order valence-corrected chi connectivity index (χ1v) is 8.06. The summed E-state index contributed by atoms with van der Waals surface area (Å²) in [7, 11) is 0. The lowest BCUT2D eigenvalue weighted by atomic mass is 9.94. The molecule has 1 unspecified atom stereocenters. The monoisotopic (exact) mass is 320 g/mol. The van der Waals surface area contributed by atoms with Crippen LogP contribution in [0.15, 0.2) is 24.3 Å². The van der Waals surface area contributed by atoms with Crippen molar-refractivity contribution in [3.05, 3.63) is 29.8 Å². The molecule has 3 heterocycles. The van der Waals surface area contributed by atoms with Gasteiger partial charge in [-0.05, 0) is 17.7 Å². The highest BCUT2D eigenvalue weighted by atomic mass is 16.8. The first kappa shape index (κ1) is 15.0. The SMILES string of the molecule is NC(=O)Cc1ccc(OCC2C[N+]34CCO[B-]3(OCC4)O2)cc1. The molecule has 1 amide bonds. The van der Waals surface area contributed by atoms with Crippen molar-refractivity contribution in [2.45, 2.75) is 12.5 Å². The third-order valence-electron chi connectivity index (χ3n) is 5.07. The molecule has 0 bridgehead atoms. The third kappa shape index (κ3) is 2.51. The summed E-state index contributed by atoms with van der Waals surface area (Å²) in [5.74, 6) is 0.412. The van der Waals surface area contributed by atoms with Gasteiger partial charge in [-0.15, -0.1) is 0 Å². The number of primary amides is 1. The van der Waals surface area contributed by atoms with E-state index in [2.05, 4.69) is 0 Å². The van der Waals surface area contributed by atoms with Gasteiger partial charge in [-0.1, -0.05) is 12.1 Å². The molecule has 23 heavy (non-hydrogen) atoms. The summed E-state index contributed by atoms with van der Waals surface area (Å²) in [4.78, 5) is 10.9. The van der Waals surface area contributed by atoms with E-state index >= 15 is 0 Å². The fourth-order valence-electron chi connectivity index (χ4n) is 3.96. The highest BCUT2D eigenvalue weighted by Gasteiger charge is 2.66. The topological polar surface area (TPSA) is 80.0 Å². The van der Waals surface area contributed by atoms with Crippen molar-refractivity contribution in [1.29, 1.82) is 0 Å². The maximum Gasteiger partial charge on any atom is 0.625 e. The average molecular weight is 320 g/mol. The Kier molecular flexibility index (Phi) is 3.57. The van der Waals surface area contributed by atoms with Gasteiger partial charge >= 0.3 is 6.89 Å². The summed E-state index contributed by atoms with van der Waals surface area (Å²) < 4.78 is 24.3. The van der Waals surface area contributed by atoms with Gasteiger partial charge in [-0.2, -0.15) is 0 Å². The standard InChI is InChI=1S/C15H21BN2O5/c17-15(19)9-12-1-3-13(4-2-12)20-11-14-10-18-5-7-21-16(18,23-14)22-8-6-18/h1-4,14H,5-11H2,(H2,17,19). The third-order valence-corrected chi connectivity index (χ3v) is 5.07. The Bertz CT molecular complexity index is 578. The van der Waals surface area contributed by atoms with Crippen LogP contribution in [0.4, 0.5) is 0 Å². The molecule has 7 nitrogen and oxygen atoms in total. The second kappa shape index (κ2) is 5.49. The second-order valence-corrected chi connectivity index (χ2v) is 6.55. The minimum Gasteiger partial charge on any atom is -0.491 e. The molecule has 3 aliphatic rings. The lowest BCUT2D eigenvalue weighted by Crippen LogP contribution is -2.59. The first-order chi connectivity index (χ1) is 11.1. The molecule has 1 aromatic rings. The second-order valence-electron chi connectivity index (χ2n) is 6.55. The number of ether oxygens (including phenoxy) is 1. The molecule has 4 rings (SSSR count). The van der Waals surface area contributed by atoms with E-state index < -0.39 is 6.89 Å². The molecule has 2 N–H and O–H groups in total. The van der Waals surface area contributed by atoms with E-state index in [1.165, 1.54) is 0 Å². The summed E-state index contributed by atoms with van der Waals surface area (Å²) in [6.45, 7) is 3.04. The van der Waals surface area contributed by atoms with E-state index in [1.54, 1.807) is 0 Å². The number of carbonyl (C=O) groups is 1. The Labute approximate surface area is 134 Å². The fourth-order valence-corrected chi connectivity index (χ4v) is 3.96. The van der Waals surface area contributed by atoms with Gasteiger partial charge in [0.25, 0.3) is 0 Å². The van der Waals surface area contributed by atoms with Crippen molar-refractivity contribution >= 4 is 12.8 Å². The van der Waals surface area contributed by atoms with Gasteiger partial charge in [-0.3, -0.25) is 4.79 Å². The number of amides is 1. The summed E-state index contributed by atoms with van der Waals surface area (Å²) in [6.07, 6.45) is 0.215. The molecule has 8 heteroatoms. The van der Waals surface area contributed by atoms with E-state index in [0.29, 0.717) is 19.8 Å². The Balaban J connectivity index is 1.35. The molecule has 0 spiro atoms. The largest absolute Gasteiger partial charge is 0.625 e. The summed E-state index contributed by atoms with van der Waals surface area (Å²) in [5.41, 5.74) is 6.06. The van der Waals surface area contributed by atoms with Crippen LogP contribution in [0.1, 0.15) is 5.56 Å². The molecule has 0 radical (unpaired) electrons. The van der Waals surface area contributed by atoms with Crippen LogP contribution in [0.5, 0.6) is 5.75 Å². The van der Waals surface area contributed by atoms with Crippen LogP contribution >= 0.6 is 0 Å². The Hall–Kier alpha value is -1.61. The van der Waals surface area contributed by atoms with E-state index in [-0.39, 0.29) is 18.4 Å². The molecule has 0 saturated carbocycles. The first-order valence-electron chi connectivity index (χ1n) is 8.06. The molecule has 1 atom stereocenters. The number of hydrogen-bond donors (Lipinski definition) is 1. The van der Waals surface area contributed by atoms with Gasteiger partial charge in [0.2, 0.25) is 5.91 Å². The lowest BCUT2D eigenvalue weighted by molar-refractivity contribution is -0.816. The van der Waals surface area contributed by atoms with E-state index in [0.717, 1.165) is 35.3 Å². The quantitative estimate of drug-likeness (QED) is 0.761. The molecular formula is C15H21BN2O5. The van der Waals surface area contributed by atoms with Crippen molar-refractivity contribution in [2.75, 3.05) is 39.5 Å². The Morgan fingerprint density at radius 2 is 1.96 bits per heavy atom. The number of carbonyl (C=O) groups excluding carboxylic acids is 1. The molecule has 3 fully saturated rings. The molecule has 0 aliphatic carbocycles. The summed E-state index contributed by atoms with van der Waals surface area (Å²) in [5, 5.41) is 0. The minimum absolute atomic E-state index is 0.0269. The molecule has 124 valence electrons. The fraction of sp³-hybridized carbons (Fsp3) is 0.533. The average Bonchev–Trinajstić information content (AvgIpc) is 3.07. The molecular weight excluding hydrogens is 299 g/mol. The smallest absolute Gasteiger partial charge is 0.491 e. The number of benzene rings is 1. The summed E-state index contributed by atoms with van der Waals surface area (Å²) >= 11 is 0. The van der Waals surface area contributed by atoms with Crippen LogP contribution < -0.4 is 10.5 Å². The van der Waals surface area contributed by atoms with Crippen LogP contribution in [0.3, 0.4) is 0 Å². The normalized spacial score (nSPS) is 35.0. The highest BCUT2D eigenvalue weighted by Crippen LogP contribution is 2.41. The van der Waals surface area contributed by atoms with Gasteiger partial charge in [-0.25, -0.2) is 0 Å². The van der Waals surface area contributed by atoms with Gasteiger partial charge in [0, 0.05) is 0 Å². The van der Waals surface area contributed by atoms with Crippen molar-refractivity contribution in [3.8, 4) is 5.75 Å². The van der Waals surface area contributed by atoms with Crippen molar-refractivity contribution in [3.63, 3.8) is 0 Å². The maximum absolute atomic E-state index is 10.9. The van der Waals surface area contributed by atoms with Gasteiger partial charge in [0.15, 0.2) is 0 Å². The van der Waals surface area contributed by atoms with Gasteiger partial charge < -0.3 is 28.8 Å². The molecule has 3 saturated heterocycles. The zero-order valence-electron chi connectivity index (χ0n) is 13.0. The molecule has 1 aromatic carbocycles. The number of nitrogens with two attached hydrogens (primary N) is 1. The minimum atomic E-state index is -1.62. The predicted molar refractivity (Wildman–Crippen MR) is 82.2 cm³/mol. The number of rotatable bonds is 5. The van der Waals surface area contributed by atoms with Crippen molar-refractivity contribution in [2.24, 2.45) is 5.73 Å².